The van der Waals surface area contributed by atoms with Crippen molar-refractivity contribution in [3.8, 4) is 0 Å². The number of nitrogens with zero attached hydrogens (tertiary/aromatic N) is 1. The van der Waals surface area contributed by atoms with Crippen LogP contribution in [0, 0.1) is 0 Å². The molecule has 0 aliphatic carbocycles. The second-order valence-corrected chi connectivity index (χ2v) is 6.68. The summed E-state index contributed by atoms with van der Waals surface area (Å²) in [6, 6.07) is 0. The number of hydrogen-bond acceptors (Lipinski definition) is 7. The lowest BCUT2D eigenvalue weighted by Gasteiger charge is -2.22. The van der Waals surface area contributed by atoms with Crippen LogP contribution in [-0.2, 0) is 32.0 Å². The standard InChI is InChI=1S/C16H20N2O5S/c1-3-22-16(20)13-10-4-5-18(2)8-12(10)24-15(13)17-14(19)11-9-21-6-7-23-11/h9H,3-8H2,1-2H3,(H,17,19). The predicted molar refractivity (Wildman–Crippen MR) is 88.9 cm³/mol. The van der Waals surface area contributed by atoms with Gasteiger partial charge in [0.15, 0.2) is 0 Å². The van der Waals surface area contributed by atoms with Gasteiger partial charge in [-0.3, -0.25) is 4.79 Å². The van der Waals surface area contributed by atoms with Gasteiger partial charge in [0.2, 0.25) is 5.76 Å². The molecule has 0 atom stereocenters. The Balaban J connectivity index is 1.89. The van der Waals surface area contributed by atoms with Gasteiger partial charge < -0.3 is 24.4 Å². The number of ether oxygens (including phenoxy) is 3. The third-order valence-electron chi connectivity index (χ3n) is 3.83. The number of nitrogens with one attached hydrogen (secondary N) is 1. The first kappa shape index (κ1) is 16.8. The number of thiophene rings is 1. The summed E-state index contributed by atoms with van der Waals surface area (Å²) in [4.78, 5) is 28.0. The highest BCUT2D eigenvalue weighted by molar-refractivity contribution is 7.17. The molecular formula is C16H20N2O5S. The van der Waals surface area contributed by atoms with Crippen LogP contribution >= 0.6 is 11.3 Å². The van der Waals surface area contributed by atoms with E-state index in [1.54, 1.807) is 6.92 Å². The molecule has 0 saturated heterocycles. The molecule has 2 aliphatic rings. The highest BCUT2D eigenvalue weighted by Crippen LogP contribution is 2.37. The van der Waals surface area contributed by atoms with Crippen molar-refractivity contribution in [2.24, 2.45) is 0 Å². The van der Waals surface area contributed by atoms with Crippen LogP contribution in [0.2, 0.25) is 0 Å². The second-order valence-electron chi connectivity index (χ2n) is 5.57. The fraction of sp³-hybridized carbons (Fsp3) is 0.500. The fourth-order valence-corrected chi connectivity index (χ4v) is 4.00. The number of anilines is 1. The highest BCUT2D eigenvalue weighted by Gasteiger charge is 2.29. The molecule has 7 nitrogen and oxygen atoms in total. The number of hydrogen-bond donors (Lipinski definition) is 1. The first-order valence-corrected chi connectivity index (χ1v) is 8.68. The van der Waals surface area contributed by atoms with Gasteiger partial charge in [0.05, 0.1) is 12.2 Å². The number of fused-ring (bicyclic) bond motifs is 1. The van der Waals surface area contributed by atoms with E-state index in [0.29, 0.717) is 30.4 Å². The average Bonchev–Trinajstić information content (AvgIpc) is 2.92. The molecule has 1 aromatic rings. The van der Waals surface area contributed by atoms with E-state index in [9.17, 15) is 9.59 Å². The molecule has 0 saturated carbocycles. The SMILES string of the molecule is CCOC(=O)c1c(NC(=O)C2=COCCO2)sc2c1CCN(C)C2. The molecule has 3 heterocycles. The second kappa shape index (κ2) is 7.23. The normalized spacial score (nSPS) is 17.2. The first-order chi connectivity index (χ1) is 11.6. The van der Waals surface area contributed by atoms with Crippen molar-refractivity contribution >= 4 is 28.2 Å². The molecular weight excluding hydrogens is 332 g/mol. The van der Waals surface area contributed by atoms with Crippen molar-refractivity contribution in [2.75, 3.05) is 38.7 Å². The molecule has 130 valence electrons. The minimum atomic E-state index is -0.424. The smallest absolute Gasteiger partial charge is 0.341 e. The van der Waals surface area contributed by atoms with Crippen LogP contribution in [0.25, 0.3) is 0 Å². The van der Waals surface area contributed by atoms with Crippen molar-refractivity contribution in [1.29, 1.82) is 0 Å². The molecule has 0 bridgehead atoms. The molecule has 3 rings (SSSR count). The lowest BCUT2D eigenvalue weighted by molar-refractivity contribution is -0.117. The van der Waals surface area contributed by atoms with Crippen LogP contribution in [0.5, 0.6) is 0 Å². The van der Waals surface area contributed by atoms with Crippen molar-refractivity contribution in [2.45, 2.75) is 19.9 Å². The summed E-state index contributed by atoms with van der Waals surface area (Å²) in [6.45, 7) is 4.43. The molecule has 2 aliphatic heterocycles. The maximum atomic E-state index is 12.4. The number of likely N-dealkylation sites (N-methyl/N-ethyl adjacent to an activating group) is 1. The van der Waals surface area contributed by atoms with Crippen LogP contribution in [0.4, 0.5) is 5.00 Å². The molecule has 1 N–H and O–H groups in total. The maximum absolute atomic E-state index is 12.4. The molecule has 0 aromatic carbocycles. The highest BCUT2D eigenvalue weighted by atomic mass is 32.1. The van der Waals surface area contributed by atoms with Gasteiger partial charge in [-0.05, 0) is 26.0 Å². The summed E-state index contributed by atoms with van der Waals surface area (Å²) in [7, 11) is 2.03. The number of esters is 1. The molecule has 0 fully saturated rings. The van der Waals surface area contributed by atoms with Crippen molar-refractivity contribution < 1.29 is 23.8 Å². The van der Waals surface area contributed by atoms with E-state index in [0.717, 1.165) is 30.0 Å². The Hall–Kier alpha value is -2.06. The third-order valence-corrected chi connectivity index (χ3v) is 4.96. The van der Waals surface area contributed by atoms with E-state index in [-0.39, 0.29) is 5.76 Å². The molecule has 1 amide bonds. The number of amides is 1. The van der Waals surface area contributed by atoms with Crippen LogP contribution in [0.15, 0.2) is 12.0 Å². The number of carbonyl (C=O) groups excluding carboxylic acids is 2. The topological polar surface area (TPSA) is 77.1 Å². The Labute approximate surface area is 144 Å². The first-order valence-electron chi connectivity index (χ1n) is 7.86. The van der Waals surface area contributed by atoms with Crippen LogP contribution in [0.1, 0.15) is 27.7 Å². The van der Waals surface area contributed by atoms with Gasteiger partial charge in [0, 0.05) is 18.0 Å². The monoisotopic (exact) mass is 352 g/mol. The van der Waals surface area contributed by atoms with Gasteiger partial charge in [-0.15, -0.1) is 11.3 Å². The number of rotatable bonds is 4. The zero-order chi connectivity index (χ0) is 17.1. The molecule has 0 radical (unpaired) electrons. The van der Waals surface area contributed by atoms with Crippen molar-refractivity contribution in [3.63, 3.8) is 0 Å². The molecule has 0 spiro atoms. The third kappa shape index (κ3) is 3.39. The van der Waals surface area contributed by atoms with Gasteiger partial charge in [0.1, 0.15) is 24.5 Å². The summed E-state index contributed by atoms with van der Waals surface area (Å²) in [5, 5.41) is 3.29. The fourth-order valence-electron chi connectivity index (χ4n) is 2.69. The average molecular weight is 352 g/mol. The summed E-state index contributed by atoms with van der Waals surface area (Å²) in [6.07, 6.45) is 2.05. The largest absolute Gasteiger partial charge is 0.494 e. The Kier molecular flexibility index (Phi) is 5.06. The van der Waals surface area contributed by atoms with Gasteiger partial charge in [-0.25, -0.2) is 4.79 Å². The van der Waals surface area contributed by atoms with E-state index < -0.39 is 11.9 Å². The van der Waals surface area contributed by atoms with Crippen LogP contribution < -0.4 is 5.32 Å². The molecule has 8 heteroatoms. The van der Waals surface area contributed by atoms with Crippen molar-refractivity contribution in [3.05, 3.63) is 28.0 Å². The zero-order valence-electron chi connectivity index (χ0n) is 13.7. The van der Waals surface area contributed by atoms with E-state index in [1.165, 1.54) is 17.6 Å². The minimum Gasteiger partial charge on any atom is -0.494 e. The lowest BCUT2D eigenvalue weighted by Crippen LogP contribution is -2.26. The van der Waals surface area contributed by atoms with E-state index in [1.807, 2.05) is 7.05 Å². The lowest BCUT2D eigenvalue weighted by atomic mass is 10.0. The summed E-state index contributed by atoms with van der Waals surface area (Å²) in [5.74, 6) is -0.712. The molecule has 0 unspecified atom stereocenters. The van der Waals surface area contributed by atoms with Crippen LogP contribution in [-0.4, -0.2) is 50.2 Å². The van der Waals surface area contributed by atoms with Gasteiger partial charge in [-0.1, -0.05) is 0 Å². The van der Waals surface area contributed by atoms with Gasteiger partial charge in [0.25, 0.3) is 5.91 Å². The predicted octanol–water partition coefficient (Wildman–Crippen LogP) is 1.74. The van der Waals surface area contributed by atoms with Crippen molar-refractivity contribution in [1.82, 2.24) is 4.90 Å². The summed E-state index contributed by atoms with van der Waals surface area (Å²) in [5.41, 5.74) is 1.44. The Morgan fingerprint density at radius 1 is 1.42 bits per heavy atom. The summed E-state index contributed by atoms with van der Waals surface area (Å²) < 4.78 is 15.6. The van der Waals surface area contributed by atoms with E-state index in [4.69, 9.17) is 14.2 Å². The van der Waals surface area contributed by atoms with E-state index >= 15 is 0 Å². The number of carbonyl (C=O) groups is 2. The minimum absolute atomic E-state index is 0.111. The van der Waals surface area contributed by atoms with E-state index in [2.05, 4.69) is 10.2 Å². The maximum Gasteiger partial charge on any atom is 0.341 e. The Morgan fingerprint density at radius 3 is 2.96 bits per heavy atom. The zero-order valence-corrected chi connectivity index (χ0v) is 14.5. The quantitative estimate of drug-likeness (QED) is 0.832. The van der Waals surface area contributed by atoms with Gasteiger partial charge >= 0.3 is 5.97 Å². The molecule has 1 aromatic heterocycles. The molecule has 24 heavy (non-hydrogen) atoms. The van der Waals surface area contributed by atoms with Gasteiger partial charge in [-0.2, -0.15) is 0 Å². The Bertz CT molecular complexity index is 682. The Morgan fingerprint density at radius 2 is 2.25 bits per heavy atom. The van der Waals surface area contributed by atoms with Crippen LogP contribution in [0.3, 0.4) is 0 Å². The summed E-state index contributed by atoms with van der Waals surface area (Å²) >= 11 is 1.41.